The van der Waals surface area contributed by atoms with E-state index < -0.39 is 0 Å². The first-order valence-corrected chi connectivity index (χ1v) is 8.11. The number of hydrogen-bond donors (Lipinski definition) is 0. The van der Waals surface area contributed by atoms with E-state index in [1.807, 2.05) is 84.9 Å². The number of para-hydroxylation sites is 1. The molecule has 2 nitrogen and oxygen atoms in total. The van der Waals surface area contributed by atoms with Gasteiger partial charge in [-0.2, -0.15) is 0 Å². The summed E-state index contributed by atoms with van der Waals surface area (Å²) >= 11 is 0. The van der Waals surface area contributed by atoms with Crippen molar-refractivity contribution in [3.63, 3.8) is 0 Å². The molecule has 0 heterocycles. The van der Waals surface area contributed by atoms with Crippen LogP contribution in [0.3, 0.4) is 0 Å². The highest BCUT2D eigenvalue weighted by molar-refractivity contribution is 5.83. The van der Waals surface area contributed by atoms with Gasteiger partial charge >= 0.3 is 0 Å². The normalized spacial score (nSPS) is 10.3. The highest BCUT2D eigenvalue weighted by Crippen LogP contribution is 2.20. The Bertz CT molecular complexity index is 779. The molecule has 0 fully saturated rings. The van der Waals surface area contributed by atoms with E-state index in [1.54, 1.807) is 0 Å². The van der Waals surface area contributed by atoms with Crippen molar-refractivity contribution >= 4 is 5.78 Å². The lowest BCUT2D eigenvalue weighted by atomic mass is 10.0. The minimum absolute atomic E-state index is 0.192. The van der Waals surface area contributed by atoms with Crippen molar-refractivity contribution < 1.29 is 9.53 Å². The summed E-state index contributed by atoms with van der Waals surface area (Å²) in [4.78, 5) is 12.4. The quantitative estimate of drug-likeness (QED) is 0.636. The van der Waals surface area contributed by atoms with E-state index in [0.717, 1.165) is 22.4 Å². The van der Waals surface area contributed by atoms with E-state index in [9.17, 15) is 4.79 Å². The molecule has 0 spiro atoms. The number of ketones is 1. The van der Waals surface area contributed by atoms with Crippen molar-refractivity contribution in [1.29, 1.82) is 0 Å². The van der Waals surface area contributed by atoms with E-state index in [4.69, 9.17) is 4.74 Å². The third kappa shape index (κ3) is 4.56. The molecule has 0 atom stereocenters. The van der Waals surface area contributed by atoms with E-state index in [2.05, 4.69) is 0 Å². The highest BCUT2D eigenvalue weighted by Gasteiger charge is 2.10. The van der Waals surface area contributed by atoms with Crippen LogP contribution < -0.4 is 4.74 Å². The molecular weight excluding hydrogens is 296 g/mol. The Kier molecular flexibility index (Phi) is 5.41. The van der Waals surface area contributed by atoms with Crippen LogP contribution in [0.4, 0.5) is 0 Å². The fourth-order valence-electron chi connectivity index (χ4n) is 2.62. The predicted octanol–water partition coefficient (Wildman–Crippen LogP) is 4.62. The van der Waals surface area contributed by atoms with Crippen molar-refractivity contribution in [2.24, 2.45) is 0 Å². The van der Waals surface area contributed by atoms with Crippen LogP contribution in [0.1, 0.15) is 16.7 Å². The van der Waals surface area contributed by atoms with Crippen LogP contribution in [0.25, 0.3) is 0 Å². The molecule has 0 aliphatic carbocycles. The Labute approximate surface area is 142 Å². The van der Waals surface area contributed by atoms with Crippen molar-refractivity contribution in [3.05, 3.63) is 102 Å². The van der Waals surface area contributed by atoms with Crippen LogP contribution in [-0.2, 0) is 24.2 Å². The van der Waals surface area contributed by atoms with Crippen molar-refractivity contribution in [2.75, 3.05) is 0 Å². The third-order valence-electron chi connectivity index (χ3n) is 3.84. The molecule has 0 saturated heterocycles. The Morgan fingerprint density at radius 3 is 1.96 bits per heavy atom. The van der Waals surface area contributed by atoms with Crippen molar-refractivity contribution in [1.82, 2.24) is 0 Å². The van der Waals surface area contributed by atoms with Gasteiger partial charge < -0.3 is 4.74 Å². The number of rotatable bonds is 7. The van der Waals surface area contributed by atoms with Crippen LogP contribution in [0, 0.1) is 0 Å². The molecule has 0 unspecified atom stereocenters. The molecule has 0 aliphatic heterocycles. The second-order valence-electron chi connectivity index (χ2n) is 5.76. The number of carbonyl (C=O) groups is 1. The van der Waals surface area contributed by atoms with Crippen molar-refractivity contribution in [3.8, 4) is 5.75 Å². The van der Waals surface area contributed by atoms with Gasteiger partial charge in [-0.25, -0.2) is 0 Å². The molecule has 3 rings (SSSR count). The number of Topliss-reactive ketones (excluding diaryl/α,β-unsaturated/α-hetero) is 1. The maximum absolute atomic E-state index is 12.4. The fraction of sp³-hybridized carbons (Fsp3) is 0.136. The standard InChI is InChI=1S/C22H20O2/c23-21(15-18-9-3-1-4-10-18)16-20-13-7-8-14-22(20)24-17-19-11-5-2-6-12-19/h1-14H,15-17H2. The van der Waals surface area contributed by atoms with Gasteiger partial charge in [0.25, 0.3) is 0 Å². The molecule has 24 heavy (non-hydrogen) atoms. The van der Waals surface area contributed by atoms with Gasteiger partial charge in [-0.15, -0.1) is 0 Å². The predicted molar refractivity (Wildman–Crippen MR) is 96.1 cm³/mol. The maximum atomic E-state index is 12.4. The summed E-state index contributed by atoms with van der Waals surface area (Å²) in [7, 11) is 0. The monoisotopic (exact) mass is 316 g/mol. The Hall–Kier alpha value is -2.87. The smallest absolute Gasteiger partial charge is 0.141 e. The second kappa shape index (κ2) is 8.11. The molecule has 0 N–H and O–H groups in total. The molecule has 0 aliphatic rings. The highest BCUT2D eigenvalue weighted by atomic mass is 16.5. The zero-order valence-corrected chi connectivity index (χ0v) is 13.5. The van der Waals surface area contributed by atoms with Gasteiger partial charge in [0, 0.05) is 18.4 Å². The number of ether oxygens (including phenoxy) is 1. The van der Waals surface area contributed by atoms with Gasteiger partial charge in [0.2, 0.25) is 0 Å². The first-order valence-electron chi connectivity index (χ1n) is 8.11. The summed E-state index contributed by atoms with van der Waals surface area (Å²) < 4.78 is 5.92. The lowest BCUT2D eigenvalue weighted by molar-refractivity contribution is -0.117. The molecule has 0 amide bonds. The van der Waals surface area contributed by atoms with Crippen LogP contribution in [0.5, 0.6) is 5.75 Å². The van der Waals surface area contributed by atoms with Gasteiger partial charge in [-0.1, -0.05) is 78.9 Å². The average Bonchev–Trinajstić information content (AvgIpc) is 2.63. The summed E-state index contributed by atoms with van der Waals surface area (Å²) in [6.07, 6.45) is 0.841. The van der Waals surface area contributed by atoms with E-state index >= 15 is 0 Å². The zero-order chi connectivity index (χ0) is 16.6. The van der Waals surface area contributed by atoms with Gasteiger partial charge in [0.05, 0.1) is 0 Å². The number of hydrogen-bond acceptors (Lipinski definition) is 2. The van der Waals surface area contributed by atoms with E-state index in [0.29, 0.717) is 19.4 Å². The Balaban J connectivity index is 1.64. The lowest BCUT2D eigenvalue weighted by Crippen LogP contribution is -2.08. The molecule has 2 heteroatoms. The number of carbonyl (C=O) groups excluding carboxylic acids is 1. The van der Waals surface area contributed by atoms with Gasteiger partial charge in [-0.3, -0.25) is 4.79 Å². The molecule has 0 aromatic heterocycles. The lowest BCUT2D eigenvalue weighted by Gasteiger charge is -2.11. The summed E-state index contributed by atoms with van der Waals surface area (Å²) in [6.45, 7) is 0.505. The summed E-state index contributed by atoms with van der Waals surface area (Å²) in [5.74, 6) is 0.972. The SMILES string of the molecule is O=C(Cc1ccccc1)Cc1ccccc1OCc1ccccc1. The van der Waals surface area contributed by atoms with Crippen LogP contribution in [0.2, 0.25) is 0 Å². The molecular formula is C22H20O2. The molecule has 120 valence electrons. The Morgan fingerprint density at radius 2 is 1.25 bits per heavy atom. The first-order chi connectivity index (χ1) is 11.8. The Morgan fingerprint density at radius 1 is 0.667 bits per heavy atom. The largest absolute Gasteiger partial charge is 0.489 e. The summed E-state index contributed by atoms with van der Waals surface area (Å²) in [5.41, 5.74) is 3.10. The summed E-state index contributed by atoms with van der Waals surface area (Å²) in [6, 6.07) is 27.6. The van der Waals surface area contributed by atoms with Gasteiger partial charge in [-0.05, 0) is 17.2 Å². The minimum atomic E-state index is 0.192. The molecule has 3 aromatic carbocycles. The van der Waals surface area contributed by atoms with E-state index in [1.165, 1.54) is 0 Å². The summed E-state index contributed by atoms with van der Waals surface area (Å²) in [5, 5.41) is 0. The molecule has 0 bridgehead atoms. The van der Waals surface area contributed by atoms with Crippen LogP contribution >= 0.6 is 0 Å². The molecule has 0 radical (unpaired) electrons. The maximum Gasteiger partial charge on any atom is 0.141 e. The van der Waals surface area contributed by atoms with Crippen molar-refractivity contribution in [2.45, 2.75) is 19.4 Å². The minimum Gasteiger partial charge on any atom is -0.489 e. The van der Waals surface area contributed by atoms with Crippen LogP contribution in [0.15, 0.2) is 84.9 Å². The zero-order valence-electron chi connectivity index (χ0n) is 13.5. The first kappa shape index (κ1) is 16.0. The number of benzene rings is 3. The van der Waals surface area contributed by atoms with E-state index in [-0.39, 0.29) is 5.78 Å². The molecule has 3 aromatic rings. The molecule has 0 saturated carbocycles. The topological polar surface area (TPSA) is 26.3 Å². The van der Waals surface area contributed by atoms with Gasteiger partial charge in [0.15, 0.2) is 0 Å². The third-order valence-corrected chi connectivity index (χ3v) is 3.84. The second-order valence-corrected chi connectivity index (χ2v) is 5.76. The van der Waals surface area contributed by atoms with Crippen LogP contribution in [-0.4, -0.2) is 5.78 Å². The van der Waals surface area contributed by atoms with Gasteiger partial charge in [0.1, 0.15) is 18.1 Å². The average molecular weight is 316 g/mol. The fourth-order valence-corrected chi connectivity index (χ4v) is 2.62.